The fourth-order valence-electron chi connectivity index (χ4n) is 2.64. The van der Waals surface area contributed by atoms with Crippen molar-refractivity contribution in [2.75, 3.05) is 25.0 Å². The molecule has 1 aliphatic rings. The smallest absolute Gasteiger partial charge is 0.185 e. The minimum Gasteiger partial charge on any atom is -0.348 e. The maximum Gasteiger partial charge on any atom is 0.185 e. The van der Waals surface area contributed by atoms with Crippen molar-refractivity contribution in [3.63, 3.8) is 0 Å². The first kappa shape index (κ1) is 13.8. The van der Waals surface area contributed by atoms with Crippen LogP contribution >= 0.6 is 11.3 Å². The largest absolute Gasteiger partial charge is 0.348 e. The van der Waals surface area contributed by atoms with Gasteiger partial charge in [-0.25, -0.2) is 4.98 Å². The van der Waals surface area contributed by atoms with Gasteiger partial charge in [0.15, 0.2) is 5.13 Å². The van der Waals surface area contributed by atoms with Crippen LogP contribution in [-0.4, -0.2) is 25.1 Å². The maximum atomic E-state index is 4.55. The molecule has 102 valence electrons. The van der Waals surface area contributed by atoms with Crippen LogP contribution in [0.2, 0.25) is 0 Å². The van der Waals surface area contributed by atoms with Crippen LogP contribution in [0.3, 0.4) is 0 Å². The quantitative estimate of drug-likeness (QED) is 0.912. The molecular formula is C14H25N3S. The third kappa shape index (κ3) is 3.23. The second kappa shape index (κ2) is 5.57. The number of aromatic nitrogens is 1. The summed E-state index contributed by atoms with van der Waals surface area (Å²) in [6.07, 6.45) is 4.60. The first-order valence-corrected chi connectivity index (χ1v) is 7.66. The van der Waals surface area contributed by atoms with E-state index in [1.54, 1.807) is 0 Å². The third-order valence-electron chi connectivity index (χ3n) is 3.88. The Morgan fingerprint density at radius 3 is 2.61 bits per heavy atom. The lowest BCUT2D eigenvalue weighted by Gasteiger charge is -2.38. The van der Waals surface area contributed by atoms with Crippen LogP contribution in [0.1, 0.15) is 38.5 Å². The lowest BCUT2D eigenvalue weighted by Crippen LogP contribution is -2.37. The lowest BCUT2D eigenvalue weighted by molar-refractivity contribution is 0.199. The molecule has 0 bridgehead atoms. The van der Waals surface area contributed by atoms with Crippen molar-refractivity contribution in [1.29, 1.82) is 0 Å². The second-order valence-corrected chi connectivity index (χ2v) is 7.36. The SMILES string of the molecule is CNCc1cnc(N2CCC(C(C)(C)C)CC2)s1. The highest BCUT2D eigenvalue weighted by molar-refractivity contribution is 7.15. The molecule has 2 rings (SSSR count). The summed E-state index contributed by atoms with van der Waals surface area (Å²) in [6, 6.07) is 0. The van der Waals surface area contributed by atoms with Crippen molar-refractivity contribution < 1.29 is 0 Å². The normalized spacial score (nSPS) is 18.3. The molecule has 18 heavy (non-hydrogen) atoms. The Labute approximate surface area is 115 Å². The van der Waals surface area contributed by atoms with E-state index in [2.05, 4.69) is 36.0 Å². The molecule has 1 fully saturated rings. The molecule has 0 aromatic carbocycles. The van der Waals surface area contributed by atoms with Gasteiger partial charge in [0.05, 0.1) is 0 Å². The van der Waals surface area contributed by atoms with Crippen LogP contribution in [0.15, 0.2) is 6.20 Å². The van der Waals surface area contributed by atoms with E-state index < -0.39 is 0 Å². The van der Waals surface area contributed by atoms with Crippen LogP contribution in [0.25, 0.3) is 0 Å². The van der Waals surface area contributed by atoms with E-state index in [1.807, 2.05) is 24.6 Å². The molecule has 0 aliphatic carbocycles. The summed E-state index contributed by atoms with van der Waals surface area (Å²) in [5.41, 5.74) is 0.451. The van der Waals surface area contributed by atoms with Crippen LogP contribution < -0.4 is 10.2 Å². The zero-order valence-electron chi connectivity index (χ0n) is 12.0. The molecule has 0 spiro atoms. The van der Waals surface area contributed by atoms with Crippen molar-refractivity contribution in [2.24, 2.45) is 11.3 Å². The predicted molar refractivity (Wildman–Crippen MR) is 79.3 cm³/mol. The van der Waals surface area contributed by atoms with E-state index in [4.69, 9.17) is 0 Å². The van der Waals surface area contributed by atoms with Gasteiger partial charge in [0.2, 0.25) is 0 Å². The van der Waals surface area contributed by atoms with Gasteiger partial charge in [-0.2, -0.15) is 0 Å². The highest BCUT2D eigenvalue weighted by Crippen LogP contribution is 2.36. The van der Waals surface area contributed by atoms with E-state index in [-0.39, 0.29) is 0 Å². The number of piperidine rings is 1. The summed E-state index contributed by atoms with van der Waals surface area (Å²) in [6.45, 7) is 10.3. The van der Waals surface area contributed by atoms with Crippen molar-refractivity contribution in [3.8, 4) is 0 Å². The lowest BCUT2D eigenvalue weighted by atomic mass is 9.75. The number of nitrogens with one attached hydrogen (secondary N) is 1. The Kier molecular flexibility index (Phi) is 4.28. The summed E-state index contributed by atoms with van der Waals surface area (Å²) >= 11 is 1.83. The molecule has 0 unspecified atom stereocenters. The van der Waals surface area contributed by atoms with E-state index in [9.17, 15) is 0 Å². The fourth-order valence-corrected chi connectivity index (χ4v) is 3.61. The van der Waals surface area contributed by atoms with Crippen molar-refractivity contribution in [3.05, 3.63) is 11.1 Å². The standard InChI is InChI=1S/C14H25N3S/c1-14(2,3)11-5-7-17(8-6-11)13-16-10-12(18-13)9-15-4/h10-11,15H,5-9H2,1-4H3. The highest BCUT2D eigenvalue weighted by Gasteiger charge is 2.29. The second-order valence-electron chi connectivity index (χ2n) is 6.27. The minimum atomic E-state index is 0.451. The van der Waals surface area contributed by atoms with E-state index in [0.717, 1.165) is 25.6 Å². The van der Waals surface area contributed by atoms with Gasteiger partial charge in [-0.3, -0.25) is 0 Å². The molecule has 1 aromatic heterocycles. The van der Waals surface area contributed by atoms with Gasteiger partial charge >= 0.3 is 0 Å². The first-order valence-electron chi connectivity index (χ1n) is 6.85. The summed E-state index contributed by atoms with van der Waals surface area (Å²) in [5, 5.41) is 4.38. The summed E-state index contributed by atoms with van der Waals surface area (Å²) < 4.78 is 0. The molecule has 4 heteroatoms. The van der Waals surface area contributed by atoms with Gasteiger partial charge in [-0.1, -0.05) is 20.8 Å². The number of anilines is 1. The monoisotopic (exact) mass is 267 g/mol. The molecule has 0 saturated carbocycles. The Morgan fingerprint density at radius 2 is 2.06 bits per heavy atom. The van der Waals surface area contributed by atoms with Crippen LogP contribution in [0.4, 0.5) is 5.13 Å². The van der Waals surface area contributed by atoms with Gasteiger partial charge in [0.25, 0.3) is 0 Å². The zero-order chi connectivity index (χ0) is 13.2. The first-order chi connectivity index (χ1) is 8.50. The molecular weight excluding hydrogens is 242 g/mol. The van der Waals surface area contributed by atoms with Gasteiger partial charge < -0.3 is 10.2 Å². The molecule has 0 amide bonds. The topological polar surface area (TPSA) is 28.2 Å². The number of hydrogen-bond acceptors (Lipinski definition) is 4. The van der Waals surface area contributed by atoms with Crippen molar-refractivity contribution in [2.45, 2.75) is 40.2 Å². The summed E-state index contributed by atoms with van der Waals surface area (Å²) in [5.74, 6) is 0.852. The average molecular weight is 267 g/mol. The van der Waals surface area contributed by atoms with Gasteiger partial charge in [-0.15, -0.1) is 11.3 Å². The van der Waals surface area contributed by atoms with E-state index >= 15 is 0 Å². The van der Waals surface area contributed by atoms with Crippen LogP contribution in [0.5, 0.6) is 0 Å². The minimum absolute atomic E-state index is 0.451. The molecule has 0 radical (unpaired) electrons. The zero-order valence-corrected chi connectivity index (χ0v) is 12.8. The Hall–Kier alpha value is -0.610. The van der Waals surface area contributed by atoms with Crippen LogP contribution in [-0.2, 0) is 6.54 Å². The Balaban J connectivity index is 1.92. The predicted octanol–water partition coefficient (Wildman–Crippen LogP) is 3.13. The maximum absolute atomic E-state index is 4.55. The molecule has 1 N–H and O–H groups in total. The molecule has 3 nitrogen and oxygen atoms in total. The number of rotatable bonds is 3. The molecule has 1 aromatic rings. The van der Waals surface area contributed by atoms with Gasteiger partial charge in [-0.05, 0) is 31.2 Å². The van der Waals surface area contributed by atoms with Crippen LogP contribution in [0, 0.1) is 11.3 Å². The summed E-state index contributed by atoms with van der Waals surface area (Å²) in [7, 11) is 1.98. The van der Waals surface area contributed by atoms with Gasteiger partial charge in [0.1, 0.15) is 0 Å². The van der Waals surface area contributed by atoms with E-state index in [1.165, 1.54) is 22.9 Å². The van der Waals surface area contributed by atoms with Crippen molar-refractivity contribution >= 4 is 16.5 Å². The number of hydrogen-bond donors (Lipinski definition) is 1. The summed E-state index contributed by atoms with van der Waals surface area (Å²) in [4.78, 5) is 8.33. The average Bonchev–Trinajstić information content (AvgIpc) is 2.77. The highest BCUT2D eigenvalue weighted by atomic mass is 32.1. The Morgan fingerprint density at radius 1 is 1.39 bits per heavy atom. The molecule has 1 aliphatic heterocycles. The third-order valence-corrected chi connectivity index (χ3v) is 4.94. The van der Waals surface area contributed by atoms with Crippen molar-refractivity contribution in [1.82, 2.24) is 10.3 Å². The molecule has 0 atom stereocenters. The number of nitrogens with zero attached hydrogens (tertiary/aromatic N) is 2. The van der Waals surface area contributed by atoms with Gasteiger partial charge in [0, 0.05) is 30.7 Å². The molecule has 1 saturated heterocycles. The number of thiazole rings is 1. The van der Waals surface area contributed by atoms with E-state index in [0.29, 0.717) is 5.41 Å². The Bertz CT molecular complexity index is 373. The fraction of sp³-hybridized carbons (Fsp3) is 0.786. The molecule has 2 heterocycles.